The first-order valence-electron chi connectivity index (χ1n) is 10.4. The molecule has 1 aliphatic rings. The third-order valence-corrected chi connectivity index (χ3v) is 6.98. The quantitative estimate of drug-likeness (QED) is 0.289. The van der Waals surface area contributed by atoms with Gasteiger partial charge in [0.15, 0.2) is 5.96 Å². The van der Waals surface area contributed by atoms with E-state index in [1.165, 1.54) is 0 Å². The lowest BCUT2D eigenvalue weighted by molar-refractivity contribution is -0.136. The van der Waals surface area contributed by atoms with Crippen LogP contribution in [0.25, 0.3) is 0 Å². The first kappa shape index (κ1) is 27.6. The topological polar surface area (TPSA) is 73.8 Å². The summed E-state index contributed by atoms with van der Waals surface area (Å²) in [6.07, 6.45) is 3.70. The molecule has 0 aromatic heterocycles. The van der Waals surface area contributed by atoms with Crippen molar-refractivity contribution in [3.8, 4) is 0 Å². The maximum Gasteiger partial charge on any atom is 0.225 e. The van der Waals surface area contributed by atoms with Crippen molar-refractivity contribution in [2.45, 2.75) is 78.0 Å². The van der Waals surface area contributed by atoms with Gasteiger partial charge in [0.2, 0.25) is 5.91 Å². The molecule has 0 aromatic carbocycles. The summed E-state index contributed by atoms with van der Waals surface area (Å²) >= 11 is 0. The van der Waals surface area contributed by atoms with Crippen molar-refractivity contribution in [1.82, 2.24) is 15.5 Å². The highest BCUT2D eigenvalue weighted by Crippen LogP contribution is 2.17. The fourth-order valence-corrected chi connectivity index (χ4v) is 4.07. The summed E-state index contributed by atoms with van der Waals surface area (Å²) in [5.74, 6) is 1.83. The lowest BCUT2D eigenvalue weighted by Crippen LogP contribution is -2.50. The molecule has 1 saturated heterocycles. The Morgan fingerprint density at radius 2 is 1.75 bits per heavy atom. The number of carbonyl (C=O) groups is 1. The SMILES string of the molecule is CCNC(=NCCS(=O)C(C)(C)C)NC1CCN(C(=O)C(CC)CC)CC1.I. The highest BCUT2D eigenvalue weighted by atomic mass is 127. The molecule has 0 radical (unpaired) electrons. The van der Waals surface area contributed by atoms with E-state index < -0.39 is 10.8 Å². The molecule has 8 heteroatoms. The van der Waals surface area contributed by atoms with Crippen molar-refractivity contribution in [2.24, 2.45) is 10.9 Å². The second-order valence-corrected chi connectivity index (χ2v) is 10.5. The Bertz CT molecular complexity index is 511. The Morgan fingerprint density at radius 3 is 2.21 bits per heavy atom. The molecule has 1 rings (SSSR count). The van der Waals surface area contributed by atoms with Gasteiger partial charge in [-0.3, -0.25) is 14.0 Å². The number of rotatable bonds is 8. The molecule has 1 fully saturated rings. The van der Waals surface area contributed by atoms with Crippen LogP contribution in [0, 0.1) is 5.92 Å². The Kier molecular flexibility index (Phi) is 13.6. The molecule has 0 aromatic rings. The fourth-order valence-electron chi connectivity index (χ4n) is 3.20. The Balaban J connectivity index is 0.00000729. The van der Waals surface area contributed by atoms with Crippen LogP contribution in [0.15, 0.2) is 4.99 Å². The Morgan fingerprint density at radius 1 is 1.18 bits per heavy atom. The minimum atomic E-state index is -0.888. The molecule has 1 heterocycles. The molecule has 0 saturated carbocycles. The number of amides is 1. The number of guanidine groups is 1. The number of likely N-dealkylation sites (tertiary alicyclic amines) is 1. The number of halogens is 1. The zero-order chi connectivity index (χ0) is 20.4. The summed E-state index contributed by atoms with van der Waals surface area (Å²) in [4.78, 5) is 19.1. The van der Waals surface area contributed by atoms with Crippen LogP contribution in [0.5, 0.6) is 0 Å². The van der Waals surface area contributed by atoms with Crippen LogP contribution in [0.4, 0.5) is 0 Å². The molecule has 166 valence electrons. The summed E-state index contributed by atoms with van der Waals surface area (Å²) < 4.78 is 12.0. The predicted molar refractivity (Wildman–Crippen MR) is 131 cm³/mol. The second-order valence-electron chi connectivity index (χ2n) is 8.18. The van der Waals surface area contributed by atoms with Crippen LogP contribution in [0.2, 0.25) is 0 Å². The molecule has 0 bridgehead atoms. The monoisotopic (exact) mass is 528 g/mol. The fraction of sp³-hybridized carbons (Fsp3) is 0.900. The van der Waals surface area contributed by atoms with E-state index in [0.29, 0.717) is 24.2 Å². The Labute approximate surface area is 191 Å². The van der Waals surface area contributed by atoms with Crippen molar-refractivity contribution in [1.29, 1.82) is 0 Å². The minimum absolute atomic E-state index is 0. The molecule has 2 N–H and O–H groups in total. The molecular weight excluding hydrogens is 487 g/mol. The van der Waals surface area contributed by atoms with Crippen LogP contribution in [-0.4, -0.2) is 63.7 Å². The first-order chi connectivity index (χ1) is 12.7. The number of aliphatic imine (C=N–C) groups is 1. The maximum absolute atomic E-state index is 12.5. The van der Waals surface area contributed by atoms with E-state index in [0.717, 1.165) is 51.3 Å². The van der Waals surface area contributed by atoms with E-state index in [4.69, 9.17) is 0 Å². The smallest absolute Gasteiger partial charge is 0.225 e. The van der Waals surface area contributed by atoms with E-state index >= 15 is 0 Å². The van der Waals surface area contributed by atoms with Crippen molar-refractivity contribution in [3.63, 3.8) is 0 Å². The van der Waals surface area contributed by atoms with Crippen molar-refractivity contribution in [2.75, 3.05) is 31.9 Å². The average molecular weight is 529 g/mol. The summed E-state index contributed by atoms with van der Waals surface area (Å²) in [7, 11) is -0.888. The van der Waals surface area contributed by atoms with Gasteiger partial charge in [0, 0.05) is 52.9 Å². The lowest BCUT2D eigenvalue weighted by Gasteiger charge is -2.34. The summed E-state index contributed by atoms with van der Waals surface area (Å²) in [5.41, 5.74) is 0. The maximum atomic E-state index is 12.5. The number of hydrogen-bond acceptors (Lipinski definition) is 3. The number of hydrogen-bond donors (Lipinski definition) is 2. The van der Waals surface area contributed by atoms with Gasteiger partial charge < -0.3 is 15.5 Å². The standard InChI is InChI=1S/C20H40N4O2S.HI/c1-7-16(8-2)18(25)24-13-10-17(11-14-24)23-19(21-9-3)22-12-15-27(26)20(4,5)6;/h16-17H,7-15H2,1-6H3,(H2,21,22,23);1H. The van der Waals surface area contributed by atoms with Gasteiger partial charge in [-0.15, -0.1) is 24.0 Å². The molecule has 28 heavy (non-hydrogen) atoms. The highest BCUT2D eigenvalue weighted by molar-refractivity contribution is 14.0. The van der Waals surface area contributed by atoms with E-state index in [-0.39, 0.29) is 34.6 Å². The molecule has 1 amide bonds. The van der Waals surface area contributed by atoms with Crippen molar-refractivity contribution in [3.05, 3.63) is 0 Å². The molecule has 0 aliphatic carbocycles. The third-order valence-electron chi connectivity index (χ3n) is 5.06. The second kappa shape index (κ2) is 13.8. The van der Waals surface area contributed by atoms with Crippen LogP contribution in [0.1, 0.15) is 67.2 Å². The van der Waals surface area contributed by atoms with Gasteiger partial charge in [-0.25, -0.2) is 0 Å². The van der Waals surface area contributed by atoms with Crippen LogP contribution >= 0.6 is 24.0 Å². The predicted octanol–water partition coefficient (Wildman–Crippen LogP) is 3.13. The zero-order valence-electron chi connectivity index (χ0n) is 18.5. The van der Waals surface area contributed by atoms with Gasteiger partial charge in [-0.1, -0.05) is 13.8 Å². The molecular formula is C20H41IN4O2S. The average Bonchev–Trinajstić information content (AvgIpc) is 2.62. The van der Waals surface area contributed by atoms with Gasteiger partial charge in [-0.2, -0.15) is 0 Å². The molecule has 6 nitrogen and oxygen atoms in total. The van der Waals surface area contributed by atoms with Gasteiger partial charge >= 0.3 is 0 Å². The van der Waals surface area contributed by atoms with Crippen LogP contribution in [0.3, 0.4) is 0 Å². The zero-order valence-corrected chi connectivity index (χ0v) is 21.7. The van der Waals surface area contributed by atoms with E-state index in [1.807, 2.05) is 32.6 Å². The van der Waals surface area contributed by atoms with Gasteiger partial charge in [0.05, 0.1) is 6.54 Å². The van der Waals surface area contributed by atoms with Crippen molar-refractivity contribution < 1.29 is 9.00 Å². The summed E-state index contributed by atoms with van der Waals surface area (Å²) in [6, 6.07) is 0.321. The first-order valence-corrected chi connectivity index (χ1v) is 11.8. The number of nitrogens with one attached hydrogen (secondary N) is 2. The minimum Gasteiger partial charge on any atom is -0.357 e. The summed E-state index contributed by atoms with van der Waals surface area (Å²) in [6.45, 7) is 15.2. The molecule has 0 spiro atoms. The molecule has 1 atom stereocenters. The van der Waals surface area contributed by atoms with E-state index in [2.05, 4.69) is 29.5 Å². The Hall–Kier alpha value is -0.380. The van der Waals surface area contributed by atoms with E-state index in [9.17, 15) is 9.00 Å². The molecule has 1 unspecified atom stereocenters. The largest absolute Gasteiger partial charge is 0.357 e. The van der Waals surface area contributed by atoms with Crippen LogP contribution < -0.4 is 10.6 Å². The van der Waals surface area contributed by atoms with Gasteiger partial charge in [0.25, 0.3) is 0 Å². The normalized spacial score (nSPS) is 17.2. The highest BCUT2D eigenvalue weighted by Gasteiger charge is 2.26. The van der Waals surface area contributed by atoms with Crippen molar-refractivity contribution >= 4 is 46.6 Å². The number of piperidine rings is 1. The number of carbonyl (C=O) groups excluding carboxylic acids is 1. The van der Waals surface area contributed by atoms with Crippen LogP contribution in [-0.2, 0) is 15.6 Å². The third kappa shape index (κ3) is 9.41. The lowest BCUT2D eigenvalue weighted by atomic mass is 9.98. The van der Waals surface area contributed by atoms with E-state index in [1.54, 1.807) is 0 Å². The number of nitrogens with zero attached hydrogens (tertiary/aromatic N) is 2. The van der Waals surface area contributed by atoms with Gasteiger partial charge in [0.1, 0.15) is 0 Å². The van der Waals surface area contributed by atoms with Gasteiger partial charge in [-0.05, 0) is 53.4 Å². The molecule has 1 aliphatic heterocycles. The summed E-state index contributed by atoms with van der Waals surface area (Å²) in [5, 5.41) is 6.76.